The largest absolute Gasteiger partial charge is 0.453 e. The van der Waals surface area contributed by atoms with Crippen LogP contribution in [-0.4, -0.2) is 145 Å². The fourth-order valence-corrected chi connectivity index (χ4v) is 20.6. The van der Waals surface area contributed by atoms with E-state index in [-0.39, 0.29) is 84.5 Å². The summed E-state index contributed by atoms with van der Waals surface area (Å²) in [6, 6.07) is 67.1. The van der Waals surface area contributed by atoms with Crippen LogP contribution in [0.15, 0.2) is 223 Å². The van der Waals surface area contributed by atoms with Crippen LogP contribution in [0.4, 0.5) is 33.6 Å². The first kappa shape index (κ1) is 93.0. The molecule has 5 N–H and O–H groups in total. The van der Waals surface area contributed by atoms with Gasteiger partial charge >= 0.3 is 24.4 Å². The average Bonchev–Trinajstić information content (AvgIpc) is 1.63. The van der Waals surface area contributed by atoms with E-state index in [2.05, 4.69) is 97.5 Å². The number of aromatic amines is 4. The third-order valence-corrected chi connectivity index (χ3v) is 26.8. The number of amides is 5. The molecule has 5 amide bonds. The molecule has 0 saturated carbocycles. The van der Waals surface area contributed by atoms with Crippen molar-refractivity contribution in [3.63, 3.8) is 0 Å². The molecule has 7 unspecified atom stereocenters. The summed E-state index contributed by atoms with van der Waals surface area (Å²) in [7, 11) is 1.40. The molecule has 0 spiro atoms. The van der Waals surface area contributed by atoms with Crippen LogP contribution in [0.1, 0.15) is 181 Å². The molecule has 20 rings (SSSR count). The number of carbonyl (C=O) groups excluding carboxylic acids is 5. The van der Waals surface area contributed by atoms with Crippen molar-refractivity contribution in [1.82, 2.24) is 44.4 Å². The number of fused-ring (bicyclic) bond motifs is 15. The van der Waals surface area contributed by atoms with Gasteiger partial charge < -0.3 is 49.1 Å². The van der Waals surface area contributed by atoms with Crippen molar-refractivity contribution in [3.05, 3.63) is 344 Å². The molecule has 10 aromatic carbocycles. The number of nitrogens with zero attached hydrogens (tertiary/aromatic N) is 5. The van der Waals surface area contributed by atoms with E-state index >= 15 is 0 Å². The molecule has 131 heavy (non-hydrogen) atoms. The number of methoxy groups -OCH3 is 1. The van der Waals surface area contributed by atoms with E-state index in [0.717, 1.165) is 136 Å². The van der Waals surface area contributed by atoms with Crippen LogP contribution in [-0.2, 0) is 49.4 Å². The van der Waals surface area contributed by atoms with Crippen molar-refractivity contribution in [1.29, 1.82) is 0 Å². The number of likely N-dealkylation sites (tertiary alicyclic amines) is 1. The molecule has 0 bridgehead atoms. The topological polar surface area (TPSA) is 214 Å². The minimum atomic E-state index is -0.607. The first-order valence-corrected chi connectivity index (χ1v) is 47.1. The van der Waals surface area contributed by atoms with E-state index in [1.807, 2.05) is 159 Å². The van der Waals surface area contributed by atoms with Crippen LogP contribution in [0.2, 0.25) is 25.1 Å². The van der Waals surface area contributed by atoms with E-state index in [0.29, 0.717) is 69.7 Å². The maximum atomic E-state index is 14.7. The normalized spacial score (nSPS) is 18.1. The summed E-state index contributed by atoms with van der Waals surface area (Å²) in [4.78, 5) is 85.5. The summed E-state index contributed by atoms with van der Waals surface area (Å²) in [5.41, 5.74) is 20.4. The second kappa shape index (κ2) is 40.5. The molecule has 10 heterocycles. The zero-order valence-corrected chi connectivity index (χ0v) is 79.5. The van der Waals surface area contributed by atoms with Gasteiger partial charge in [0.25, 0.3) is 0 Å². The number of hydrogen-bond acceptors (Lipinski definition) is 10. The van der Waals surface area contributed by atoms with Gasteiger partial charge in [-0.15, -0.1) is 11.6 Å². The summed E-state index contributed by atoms with van der Waals surface area (Å²) in [6.07, 6.45) is 1.84. The lowest BCUT2D eigenvalue weighted by Crippen LogP contribution is -2.50. The van der Waals surface area contributed by atoms with Gasteiger partial charge in [-0.05, 0) is 231 Å². The van der Waals surface area contributed by atoms with Crippen molar-refractivity contribution in [2.24, 2.45) is 0 Å². The Morgan fingerprint density at radius 1 is 0.427 bits per heavy atom. The van der Waals surface area contributed by atoms with Crippen LogP contribution in [0, 0.1) is 11.6 Å². The van der Waals surface area contributed by atoms with Crippen molar-refractivity contribution >= 4 is 165 Å². The first-order valence-electron chi connectivity index (χ1n) is 43.8. The Morgan fingerprint density at radius 3 is 1.36 bits per heavy atom. The predicted molar refractivity (Wildman–Crippen MR) is 520 cm³/mol. The number of nitrogens with one attached hydrogen (secondary N) is 5. The van der Waals surface area contributed by atoms with E-state index < -0.39 is 24.3 Å². The van der Waals surface area contributed by atoms with Gasteiger partial charge in [-0.25, -0.2) is 28.0 Å². The zero-order valence-electron chi connectivity index (χ0n) is 73.4. The molecule has 28 heteroatoms. The molecule has 14 aromatic rings. The molecule has 1 saturated heterocycles. The zero-order chi connectivity index (χ0) is 92.3. The molecule has 6 aliphatic heterocycles. The van der Waals surface area contributed by atoms with Gasteiger partial charge in [0, 0.05) is 158 Å². The Morgan fingerprint density at radius 2 is 0.855 bits per heavy atom. The van der Waals surface area contributed by atoms with E-state index in [4.69, 9.17) is 88.6 Å². The van der Waals surface area contributed by atoms with Crippen LogP contribution in [0.5, 0.6) is 0 Å². The van der Waals surface area contributed by atoms with E-state index in [9.17, 15) is 32.8 Å². The summed E-state index contributed by atoms with van der Waals surface area (Å²) in [5.74, 6) is 0.295. The number of benzene rings is 10. The first-order chi connectivity index (χ1) is 63.1. The molecule has 19 nitrogen and oxygen atoms in total. The fraction of sp³-hybridized carbons (Fsp3) is 0.291. The van der Waals surface area contributed by atoms with Crippen LogP contribution >= 0.6 is 85.5 Å². The highest BCUT2D eigenvalue weighted by atomic mass is 79.9. The van der Waals surface area contributed by atoms with Gasteiger partial charge in [0.2, 0.25) is 5.91 Å². The van der Waals surface area contributed by atoms with Gasteiger partial charge in [-0.3, -0.25) is 24.4 Å². The van der Waals surface area contributed by atoms with E-state index in [1.54, 1.807) is 64.1 Å². The van der Waals surface area contributed by atoms with Gasteiger partial charge in [0.15, 0.2) is 0 Å². The molecule has 4 aromatic heterocycles. The lowest BCUT2D eigenvalue weighted by Gasteiger charge is -2.43. The number of anilines is 1. The Balaban J connectivity index is 0.000000120. The van der Waals surface area contributed by atoms with Gasteiger partial charge in [-0.2, -0.15) is 0 Å². The lowest BCUT2D eigenvalue weighted by molar-refractivity contribution is -0.130. The molecule has 0 aliphatic carbocycles. The smallest absolute Gasteiger partial charge is 0.410 e. The van der Waals surface area contributed by atoms with Crippen molar-refractivity contribution in [3.8, 4) is 0 Å². The number of alkyl halides is 1. The minimum absolute atomic E-state index is 0.0522. The van der Waals surface area contributed by atoms with Crippen molar-refractivity contribution < 1.29 is 51.7 Å². The average molecular weight is 1950 g/mol. The highest BCUT2D eigenvalue weighted by Gasteiger charge is 2.48. The van der Waals surface area contributed by atoms with Gasteiger partial charge in [0.1, 0.15) is 36.4 Å². The fourth-order valence-electron chi connectivity index (χ4n) is 19.2. The quantitative estimate of drug-likeness (QED) is 0.0645. The highest BCUT2D eigenvalue weighted by Crippen LogP contribution is 2.51. The summed E-state index contributed by atoms with van der Waals surface area (Å²) in [6.45, 7) is 16.4. The Labute approximate surface area is 797 Å². The number of hydrogen-bond donors (Lipinski definition) is 5. The molecule has 6 aliphatic rings. The van der Waals surface area contributed by atoms with E-state index in [1.165, 1.54) is 46.9 Å². The Bertz CT molecular complexity index is 6510. The molecule has 1 fully saturated rings. The summed E-state index contributed by atoms with van der Waals surface area (Å²) < 4.78 is 51.6. The molecule has 7 atom stereocenters. The summed E-state index contributed by atoms with van der Waals surface area (Å²) in [5, 5.41) is 11.3. The molecule has 678 valence electrons. The van der Waals surface area contributed by atoms with Crippen LogP contribution in [0.25, 0.3) is 43.6 Å². The third-order valence-electron chi connectivity index (χ3n) is 25.0. The highest BCUT2D eigenvalue weighted by molar-refractivity contribution is 9.10. The third kappa shape index (κ3) is 19.7. The monoisotopic (exact) mass is 1950 g/mol. The Kier molecular flexibility index (Phi) is 28.7. The number of halogens is 9. The SMILES string of the molecule is CC(=O)N1CCc2c([nH]c3ccc(Br)cc23)C1c1ccc(C(C)C)cc1.CC(C)OC(=O)N1CCC2c3cc(Cl)ccc3NC2C1c1ccccc1F.CC(C)OC(=O)N1CCc2c([nH]c3ccc(Cl)cc23)C1c1ccccc1.COC(=O)N1CCc2c([nH]c3ccc(Cl)cc23)C1c1cccc(Cl)c1.O=C(OCCCl)N1CCc2c([nH]c3ccc(Cl)cc23)C1c1ccccc1F. The van der Waals surface area contributed by atoms with Crippen LogP contribution < -0.4 is 5.32 Å². The standard InChI is InChI=1S/C22H23BrN2O.C21H22ClFN2O2.C21H21ClN2O2.C20H17Cl2FN2O2.C19H16Cl2N2O2/c1-13(2)15-4-6-16(7-5-15)22-21-18(10-11-25(22)14(3)26)19-12-17(23)8-9-20(19)24-21;1-12(2)27-21(26)25-10-9-14-16-11-13(22)7-8-18(16)24-19(14)20(25)15-5-3-4-6-17(15)23;1-13(2)26-21(25)24-11-10-16-17-12-15(22)8-9-18(17)23-19(16)20(24)14-6-4-3-5-7-14;21-8-10-27-20(26)25-9-7-13-15-11-12(22)5-6-17(15)24-18(13)19(25)14-3-1-2-4-16(14)23;1-25-19(24)23-8-7-14-15-10-13(21)5-6-16(15)22-17(14)18(23)11-3-2-4-12(20)9-11/h4-9,12-13,22,24H,10-11H2,1-3H3;3-8,11-12,14,19-20,24H,9-10H2,1-2H3;3-9,12-13,20,23H,10-11H2,1-2H3;1-6,11,19,24H,7-10H2;2-6,9-10,18,22H,7-8H2,1H3. The molecule has 0 radical (unpaired) electrons. The maximum absolute atomic E-state index is 14.7. The van der Waals surface area contributed by atoms with Crippen molar-refractivity contribution in [2.75, 3.05) is 57.6 Å². The number of aromatic nitrogens is 4. The predicted octanol–water partition coefficient (Wildman–Crippen LogP) is 26.7. The number of ether oxygens (including phenoxy) is 4. The van der Waals surface area contributed by atoms with Gasteiger partial charge in [-0.1, -0.05) is 191 Å². The number of carbonyl (C=O) groups is 5. The number of H-pyrrole nitrogens is 4. The molecular weight excluding hydrogens is 1850 g/mol. The lowest BCUT2D eigenvalue weighted by atomic mass is 9.81. The minimum Gasteiger partial charge on any atom is -0.453 e. The molecular formula is C103H99BrCl6F2N10O9. The number of rotatable bonds is 10. The maximum Gasteiger partial charge on any atom is 0.410 e. The summed E-state index contributed by atoms with van der Waals surface area (Å²) >= 11 is 40.2. The van der Waals surface area contributed by atoms with Gasteiger partial charge in [0.05, 0.1) is 43.3 Å². The second-order valence-electron chi connectivity index (χ2n) is 34.1. The Hall–Kier alpha value is -11.2. The number of piperidine rings is 1. The van der Waals surface area contributed by atoms with Crippen molar-refractivity contribution in [2.45, 2.75) is 141 Å². The second-order valence-corrected chi connectivity index (χ2v) is 37.6. The van der Waals surface area contributed by atoms with Crippen LogP contribution in [0.3, 0.4) is 0 Å².